The summed E-state index contributed by atoms with van der Waals surface area (Å²) in [5.74, 6) is 0.682. The molecule has 0 aromatic carbocycles. The molecule has 0 spiro atoms. The molecule has 3 N–H and O–H groups in total. The third kappa shape index (κ3) is 3.19. The fraction of sp³-hybridized carbons (Fsp3) is 0.417. The average molecular weight is 464 g/mol. The van der Waals surface area contributed by atoms with E-state index in [1.165, 1.54) is 12.3 Å². The lowest BCUT2D eigenvalue weighted by atomic mass is 9.61. The Balaban J connectivity index is 1.51. The van der Waals surface area contributed by atoms with Crippen LogP contribution in [-0.2, 0) is 4.79 Å². The Labute approximate surface area is 195 Å². The third-order valence-electron chi connectivity index (χ3n) is 7.50. The second kappa shape index (κ2) is 7.68. The van der Waals surface area contributed by atoms with Gasteiger partial charge in [0.05, 0.1) is 12.1 Å². The molecular weight excluding hydrogens is 437 g/mol. The van der Waals surface area contributed by atoms with Crippen LogP contribution in [0, 0.1) is 23.6 Å². The molecule has 34 heavy (non-hydrogen) atoms. The van der Waals surface area contributed by atoms with Crippen molar-refractivity contribution in [3.05, 3.63) is 36.4 Å². The molecule has 0 radical (unpaired) electrons. The molecule has 4 aromatic heterocycles. The van der Waals surface area contributed by atoms with Gasteiger partial charge in [0, 0.05) is 37.3 Å². The number of hydrogen-bond donors (Lipinski definition) is 3. The lowest BCUT2D eigenvalue weighted by molar-refractivity contribution is -0.148. The maximum absolute atomic E-state index is 14.0. The number of aromatic amines is 1. The summed E-state index contributed by atoms with van der Waals surface area (Å²) in [4.78, 5) is 26.2. The summed E-state index contributed by atoms with van der Waals surface area (Å²) < 4.78 is 15.8. The lowest BCUT2D eigenvalue weighted by Gasteiger charge is -2.47. The van der Waals surface area contributed by atoms with E-state index in [1.54, 1.807) is 10.7 Å². The number of hydrogen-bond acceptors (Lipinski definition) is 6. The zero-order valence-corrected chi connectivity index (χ0v) is 19.0. The molecule has 4 heterocycles. The minimum atomic E-state index is -0.750. The van der Waals surface area contributed by atoms with Crippen molar-refractivity contribution in [3.8, 4) is 11.4 Å². The molecule has 1 unspecified atom stereocenters. The van der Waals surface area contributed by atoms with Crippen molar-refractivity contribution in [2.24, 2.45) is 17.8 Å². The Kier molecular flexibility index (Phi) is 4.72. The van der Waals surface area contributed by atoms with E-state index in [0.29, 0.717) is 34.2 Å². The molecule has 3 fully saturated rings. The first-order valence-corrected chi connectivity index (χ1v) is 11.6. The van der Waals surface area contributed by atoms with Crippen LogP contribution in [0.3, 0.4) is 0 Å². The summed E-state index contributed by atoms with van der Waals surface area (Å²) in [5, 5.41) is 18.9. The number of fused-ring (bicyclic) bond motifs is 5. The predicted molar refractivity (Wildman–Crippen MR) is 126 cm³/mol. The van der Waals surface area contributed by atoms with Crippen molar-refractivity contribution >= 4 is 34.2 Å². The van der Waals surface area contributed by atoms with Crippen molar-refractivity contribution in [3.63, 3.8) is 0 Å². The molecule has 0 aliphatic heterocycles. The molecule has 7 rings (SSSR count). The maximum Gasteiger partial charge on any atom is 0.308 e. The van der Waals surface area contributed by atoms with Crippen LogP contribution in [0.25, 0.3) is 27.9 Å². The Bertz CT molecular complexity index is 1400. The number of halogens is 1. The van der Waals surface area contributed by atoms with Gasteiger partial charge in [-0.15, -0.1) is 5.10 Å². The summed E-state index contributed by atoms with van der Waals surface area (Å²) in [5.41, 5.74) is 1.94. The molecule has 9 nitrogen and oxygen atoms in total. The lowest BCUT2D eigenvalue weighted by Crippen LogP contribution is -2.51. The highest BCUT2D eigenvalue weighted by atomic mass is 19.1. The zero-order chi connectivity index (χ0) is 23.6. The summed E-state index contributed by atoms with van der Waals surface area (Å²) in [6, 6.07) is 5.11. The topological polar surface area (TPSA) is 111 Å². The van der Waals surface area contributed by atoms with Crippen LogP contribution in [0.1, 0.15) is 25.7 Å². The van der Waals surface area contributed by atoms with E-state index in [-0.39, 0.29) is 12.0 Å². The Morgan fingerprint density at radius 1 is 1.24 bits per heavy atom. The first kappa shape index (κ1) is 20.9. The fourth-order valence-corrected chi connectivity index (χ4v) is 5.87. The van der Waals surface area contributed by atoms with Crippen LogP contribution in [0.2, 0.25) is 0 Å². The van der Waals surface area contributed by atoms with Gasteiger partial charge in [0.2, 0.25) is 0 Å². The average Bonchev–Trinajstić information content (AvgIpc) is 3.43. The maximum atomic E-state index is 14.0. The monoisotopic (exact) mass is 463 g/mol. The number of carbonyl (C=O) groups is 1. The molecule has 0 saturated heterocycles. The number of carboxylic acids is 1. The second-order valence-electron chi connectivity index (χ2n) is 9.63. The predicted octanol–water partition coefficient (Wildman–Crippen LogP) is 3.78. The number of aliphatic carboxylic acids is 1. The van der Waals surface area contributed by atoms with Gasteiger partial charge in [0.1, 0.15) is 22.8 Å². The second-order valence-corrected chi connectivity index (χ2v) is 9.63. The van der Waals surface area contributed by atoms with E-state index < -0.39 is 17.7 Å². The molecule has 2 atom stereocenters. The zero-order valence-electron chi connectivity index (χ0n) is 19.0. The van der Waals surface area contributed by atoms with Gasteiger partial charge in [-0.3, -0.25) is 4.79 Å². The normalized spacial score (nSPS) is 24.1. The van der Waals surface area contributed by atoms with Gasteiger partial charge in [-0.05, 0) is 55.7 Å². The van der Waals surface area contributed by atoms with E-state index in [0.717, 1.165) is 37.0 Å². The molecule has 2 bridgehead atoms. The first-order chi connectivity index (χ1) is 16.4. The molecule has 3 saturated carbocycles. The number of nitrogens with zero attached hydrogens (tertiary/aromatic N) is 5. The van der Waals surface area contributed by atoms with Gasteiger partial charge < -0.3 is 20.3 Å². The van der Waals surface area contributed by atoms with E-state index >= 15 is 0 Å². The highest BCUT2D eigenvalue weighted by Crippen LogP contribution is 2.46. The molecular formula is C24H26FN7O2. The number of rotatable bonds is 5. The van der Waals surface area contributed by atoms with Gasteiger partial charge >= 0.3 is 5.97 Å². The van der Waals surface area contributed by atoms with Crippen LogP contribution >= 0.6 is 0 Å². The van der Waals surface area contributed by atoms with Crippen LogP contribution in [0.15, 0.2) is 30.6 Å². The number of aromatic nitrogens is 5. The van der Waals surface area contributed by atoms with Crippen LogP contribution < -0.4 is 10.2 Å². The summed E-state index contributed by atoms with van der Waals surface area (Å²) in [7, 11) is 3.87. The molecule has 10 heteroatoms. The van der Waals surface area contributed by atoms with Gasteiger partial charge in [-0.1, -0.05) is 0 Å². The van der Waals surface area contributed by atoms with Crippen molar-refractivity contribution in [2.45, 2.75) is 31.7 Å². The molecule has 4 aromatic rings. The Morgan fingerprint density at radius 3 is 2.74 bits per heavy atom. The summed E-state index contributed by atoms with van der Waals surface area (Å²) >= 11 is 0. The van der Waals surface area contributed by atoms with Crippen LogP contribution in [-0.4, -0.2) is 55.8 Å². The SMILES string of the molecule is CN(C)c1ccc2c(NC3[C@H]4CC[C@H](CC4)[C@@H]3C(=O)O)nc(-c3c[nH]c4ncc(F)cc34)nn12. The number of nitrogens with one attached hydrogen (secondary N) is 2. The van der Waals surface area contributed by atoms with Crippen molar-refractivity contribution in [1.82, 2.24) is 24.6 Å². The third-order valence-corrected chi connectivity index (χ3v) is 7.50. The number of anilines is 2. The summed E-state index contributed by atoms with van der Waals surface area (Å²) in [6.07, 6.45) is 6.88. The Morgan fingerprint density at radius 2 is 2.00 bits per heavy atom. The minimum absolute atomic E-state index is 0.184. The standard InChI is InChI=1S/C24H26FN7O2/c1-31(2)18-8-7-17-23(28-20-13-5-3-12(4-6-13)19(20)24(33)34)29-22(30-32(17)18)16-11-27-21-15(16)9-14(25)10-26-21/h7-13,19-20H,3-6H2,1-2H3,(H,26,27)(H,33,34)(H,28,29,30)/t12-,13+,19-,20?/m0/s1. The molecule has 0 amide bonds. The van der Waals surface area contributed by atoms with Gasteiger partial charge in [-0.2, -0.15) is 0 Å². The molecule has 176 valence electrons. The molecule has 3 aliphatic carbocycles. The van der Waals surface area contributed by atoms with Crippen LogP contribution in [0.4, 0.5) is 16.0 Å². The van der Waals surface area contributed by atoms with E-state index in [9.17, 15) is 14.3 Å². The quantitative estimate of drug-likeness (QED) is 0.413. The van der Waals surface area contributed by atoms with E-state index in [4.69, 9.17) is 10.1 Å². The highest BCUT2D eigenvalue weighted by Gasteiger charge is 2.47. The van der Waals surface area contributed by atoms with E-state index in [2.05, 4.69) is 15.3 Å². The number of H-pyrrole nitrogens is 1. The number of pyridine rings is 1. The van der Waals surface area contributed by atoms with Gasteiger partial charge in [0.25, 0.3) is 0 Å². The molecule has 3 aliphatic rings. The first-order valence-electron chi connectivity index (χ1n) is 11.6. The van der Waals surface area contributed by atoms with E-state index in [1.807, 2.05) is 31.1 Å². The van der Waals surface area contributed by atoms with Crippen molar-refractivity contribution < 1.29 is 14.3 Å². The Hall–Kier alpha value is -3.69. The minimum Gasteiger partial charge on any atom is -0.481 e. The van der Waals surface area contributed by atoms with Crippen molar-refractivity contribution in [1.29, 1.82) is 0 Å². The van der Waals surface area contributed by atoms with Crippen molar-refractivity contribution in [2.75, 3.05) is 24.3 Å². The summed E-state index contributed by atoms with van der Waals surface area (Å²) in [6.45, 7) is 0. The highest BCUT2D eigenvalue weighted by molar-refractivity contribution is 5.92. The fourth-order valence-electron chi connectivity index (χ4n) is 5.87. The number of carboxylic acid groups (broad SMARTS) is 1. The van der Waals surface area contributed by atoms with Gasteiger partial charge in [0.15, 0.2) is 11.6 Å². The van der Waals surface area contributed by atoms with Gasteiger partial charge in [-0.25, -0.2) is 18.9 Å². The largest absolute Gasteiger partial charge is 0.481 e. The van der Waals surface area contributed by atoms with Crippen LogP contribution in [0.5, 0.6) is 0 Å². The smallest absolute Gasteiger partial charge is 0.308 e.